The Morgan fingerprint density at radius 3 is 2.65 bits per heavy atom. The van der Waals surface area contributed by atoms with Gasteiger partial charge < -0.3 is 4.98 Å². The molecule has 90 valence electrons. The second-order valence-electron chi connectivity index (χ2n) is 4.62. The number of fused-ring (bicyclic) bond motifs is 1. The van der Waals surface area contributed by atoms with E-state index in [0.717, 1.165) is 23.2 Å². The number of hydrogen-bond donors (Lipinski definition) is 2. The third-order valence-electron chi connectivity index (χ3n) is 3.51. The highest BCUT2D eigenvalue weighted by Gasteiger charge is 2.21. The quantitative estimate of drug-likeness (QED) is 0.758. The zero-order valence-corrected chi connectivity index (χ0v) is 9.62. The van der Waals surface area contributed by atoms with E-state index < -0.39 is 5.69 Å². The fourth-order valence-corrected chi connectivity index (χ4v) is 2.47. The molecule has 0 amide bonds. The number of nitrogens with zero attached hydrogens (tertiary/aromatic N) is 2. The molecule has 0 bridgehead atoms. The van der Waals surface area contributed by atoms with E-state index in [1.54, 1.807) is 0 Å². The van der Waals surface area contributed by atoms with Gasteiger partial charge in [0.15, 0.2) is 5.65 Å². The van der Waals surface area contributed by atoms with E-state index in [0.29, 0.717) is 17.1 Å². The molecule has 0 spiro atoms. The van der Waals surface area contributed by atoms with Gasteiger partial charge in [-0.25, -0.2) is 9.78 Å². The Hall–Kier alpha value is -1.85. The first-order chi connectivity index (χ1) is 8.16. The molecule has 17 heavy (non-hydrogen) atoms. The Morgan fingerprint density at radius 1 is 1.24 bits per heavy atom. The van der Waals surface area contributed by atoms with E-state index in [2.05, 4.69) is 15.0 Å². The summed E-state index contributed by atoms with van der Waals surface area (Å²) < 4.78 is 1.05. The van der Waals surface area contributed by atoms with Crippen molar-refractivity contribution in [2.75, 3.05) is 0 Å². The minimum absolute atomic E-state index is 0.319. The van der Waals surface area contributed by atoms with Crippen molar-refractivity contribution in [3.63, 3.8) is 0 Å². The highest BCUT2D eigenvalue weighted by molar-refractivity contribution is 5.68. The molecule has 1 aliphatic rings. The molecule has 0 saturated heterocycles. The summed E-state index contributed by atoms with van der Waals surface area (Å²) in [5.74, 6) is 1.23. The van der Waals surface area contributed by atoms with E-state index in [-0.39, 0.29) is 5.56 Å². The fourth-order valence-electron chi connectivity index (χ4n) is 2.47. The van der Waals surface area contributed by atoms with Crippen molar-refractivity contribution < 1.29 is 0 Å². The maximum absolute atomic E-state index is 11.8. The molecule has 2 N–H and O–H groups in total. The highest BCUT2D eigenvalue weighted by Crippen LogP contribution is 2.32. The molecule has 3 rings (SSSR count). The van der Waals surface area contributed by atoms with Gasteiger partial charge in [-0.3, -0.25) is 14.3 Å². The van der Waals surface area contributed by atoms with Gasteiger partial charge in [0.05, 0.1) is 0 Å². The van der Waals surface area contributed by atoms with E-state index in [1.807, 2.05) is 0 Å². The average molecular weight is 234 g/mol. The van der Waals surface area contributed by atoms with Crippen molar-refractivity contribution in [2.24, 2.45) is 7.05 Å². The number of aromatic amines is 2. The van der Waals surface area contributed by atoms with E-state index >= 15 is 0 Å². The molecular formula is C11H14N4O2. The van der Waals surface area contributed by atoms with Crippen LogP contribution in [0.25, 0.3) is 11.2 Å². The van der Waals surface area contributed by atoms with Gasteiger partial charge in [-0.2, -0.15) is 0 Å². The van der Waals surface area contributed by atoms with E-state index in [1.165, 1.54) is 19.9 Å². The standard InChI is InChI=1S/C11H14N4O2/c1-15-10(16)7-9(14-11(15)17)13-8(12-7)6-4-2-3-5-6/h6H,2-5H2,1H3,(H,12,13)(H,14,17). The predicted molar refractivity (Wildman–Crippen MR) is 63.2 cm³/mol. The molecule has 6 heteroatoms. The summed E-state index contributed by atoms with van der Waals surface area (Å²) in [5, 5.41) is 0. The maximum atomic E-state index is 11.8. The van der Waals surface area contributed by atoms with Gasteiger partial charge in [-0.15, -0.1) is 0 Å². The van der Waals surface area contributed by atoms with Crippen LogP contribution in [0.1, 0.15) is 37.4 Å². The van der Waals surface area contributed by atoms with Crippen LogP contribution in [0.15, 0.2) is 9.59 Å². The Balaban J connectivity index is 2.22. The van der Waals surface area contributed by atoms with Crippen LogP contribution in [-0.2, 0) is 7.05 Å². The molecule has 1 saturated carbocycles. The first-order valence-electron chi connectivity index (χ1n) is 5.86. The monoisotopic (exact) mass is 234 g/mol. The molecule has 2 aromatic rings. The summed E-state index contributed by atoms with van der Waals surface area (Å²) in [6.45, 7) is 0. The zero-order chi connectivity index (χ0) is 12.0. The molecule has 2 aromatic heterocycles. The van der Waals surface area contributed by atoms with Crippen LogP contribution in [0.2, 0.25) is 0 Å². The summed E-state index contributed by atoms with van der Waals surface area (Å²) in [7, 11) is 1.46. The largest absolute Gasteiger partial charge is 0.336 e. The SMILES string of the molecule is Cn1c(=O)[nH]c2nc(C3CCCC3)[nH]c2c1=O. The lowest BCUT2D eigenvalue weighted by atomic mass is 10.1. The van der Waals surface area contributed by atoms with Gasteiger partial charge in [0.25, 0.3) is 5.56 Å². The van der Waals surface area contributed by atoms with Crippen molar-refractivity contribution in [1.82, 2.24) is 19.5 Å². The molecule has 2 heterocycles. The molecule has 0 aromatic carbocycles. The van der Waals surface area contributed by atoms with Crippen molar-refractivity contribution in [3.05, 3.63) is 26.7 Å². The normalized spacial score (nSPS) is 17.0. The number of hydrogen-bond acceptors (Lipinski definition) is 3. The van der Waals surface area contributed by atoms with Gasteiger partial charge in [0, 0.05) is 13.0 Å². The summed E-state index contributed by atoms with van der Waals surface area (Å²) in [6, 6.07) is 0. The van der Waals surface area contributed by atoms with Gasteiger partial charge in [0.2, 0.25) is 0 Å². The lowest BCUT2D eigenvalue weighted by Crippen LogP contribution is -2.32. The molecule has 1 fully saturated rings. The molecular weight excluding hydrogens is 220 g/mol. The van der Waals surface area contributed by atoms with E-state index in [4.69, 9.17) is 0 Å². The minimum Gasteiger partial charge on any atom is -0.336 e. The van der Waals surface area contributed by atoms with Gasteiger partial charge in [-0.1, -0.05) is 12.8 Å². The van der Waals surface area contributed by atoms with Crippen LogP contribution in [0.3, 0.4) is 0 Å². The number of rotatable bonds is 1. The maximum Gasteiger partial charge on any atom is 0.329 e. The zero-order valence-electron chi connectivity index (χ0n) is 9.62. The Labute approximate surface area is 96.7 Å². The number of H-pyrrole nitrogens is 2. The second kappa shape index (κ2) is 3.58. The van der Waals surface area contributed by atoms with E-state index in [9.17, 15) is 9.59 Å². The van der Waals surface area contributed by atoms with Gasteiger partial charge in [0.1, 0.15) is 11.3 Å². The van der Waals surface area contributed by atoms with Crippen LogP contribution < -0.4 is 11.2 Å². The number of imidazole rings is 1. The van der Waals surface area contributed by atoms with Crippen LogP contribution in [0, 0.1) is 0 Å². The van der Waals surface area contributed by atoms with Crippen LogP contribution in [0.5, 0.6) is 0 Å². The molecule has 0 radical (unpaired) electrons. The van der Waals surface area contributed by atoms with Crippen LogP contribution >= 0.6 is 0 Å². The van der Waals surface area contributed by atoms with Crippen molar-refractivity contribution in [3.8, 4) is 0 Å². The topological polar surface area (TPSA) is 83.5 Å². The van der Waals surface area contributed by atoms with Crippen molar-refractivity contribution >= 4 is 11.2 Å². The Kier molecular flexibility index (Phi) is 2.17. The Morgan fingerprint density at radius 2 is 1.94 bits per heavy atom. The van der Waals surface area contributed by atoms with Gasteiger partial charge in [-0.05, 0) is 12.8 Å². The summed E-state index contributed by atoms with van der Waals surface area (Å²) in [4.78, 5) is 33.3. The third-order valence-corrected chi connectivity index (χ3v) is 3.51. The lowest BCUT2D eigenvalue weighted by Gasteiger charge is -2.02. The highest BCUT2D eigenvalue weighted by atomic mass is 16.2. The van der Waals surface area contributed by atoms with Gasteiger partial charge >= 0.3 is 5.69 Å². The van der Waals surface area contributed by atoms with Crippen LogP contribution in [-0.4, -0.2) is 19.5 Å². The Bertz CT molecular complexity index is 673. The third kappa shape index (κ3) is 1.51. The first-order valence-corrected chi connectivity index (χ1v) is 5.86. The average Bonchev–Trinajstić information content (AvgIpc) is 2.93. The summed E-state index contributed by atoms with van der Waals surface area (Å²) in [5.41, 5.74) is 0.0291. The summed E-state index contributed by atoms with van der Waals surface area (Å²) >= 11 is 0. The lowest BCUT2D eigenvalue weighted by molar-refractivity contribution is 0.681. The van der Waals surface area contributed by atoms with Crippen LogP contribution in [0.4, 0.5) is 0 Å². The van der Waals surface area contributed by atoms with Crippen molar-refractivity contribution in [1.29, 1.82) is 0 Å². The number of aromatic nitrogens is 4. The summed E-state index contributed by atoms with van der Waals surface area (Å²) in [6.07, 6.45) is 4.61. The molecule has 6 nitrogen and oxygen atoms in total. The second-order valence-corrected chi connectivity index (χ2v) is 4.62. The van der Waals surface area contributed by atoms with Crippen molar-refractivity contribution in [2.45, 2.75) is 31.6 Å². The molecule has 1 aliphatic carbocycles. The fraction of sp³-hybridized carbons (Fsp3) is 0.545. The predicted octanol–water partition coefficient (Wildman–Crippen LogP) is 0.607. The minimum atomic E-state index is -0.424. The first kappa shape index (κ1) is 10.3. The molecule has 0 aliphatic heterocycles. The molecule has 0 atom stereocenters. The smallest absolute Gasteiger partial charge is 0.329 e. The number of nitrogens with one attached hydrogen (secondary N) is 2. The molecule has 0 unspecified atom stereocenters.